The maximum Gasteiger partial charge on any atom is 0.451 e. The van der Waals surface area contributed by atoms with Gasteiger partial charge in [0.2, 0.25) is 5.82 Å². The number of hydrogen-bond donors (Lipinski definition) is 3. The number of anilines is 1. The Balaban J connectivity index is 2.10. The van der Waals surface area contributed by atoms with Gasteiger partial charge in [0.15, 0.2) is 23.9 Å². The number of rotatable bonds is 2. The van der Waals surface area contributed by atoms with Crippen LogP contribution in [0.2, 0.25) is 0 Å². The van der Waals surface area contributed by atoms with E-state index >= 15 is 0 Å². The molecule has 0 spiro atoms. The van der Waals surface area contributed by atoms with E-state index in [4.69, 9.17) is 15.6 Å². The third-order valence-electron chi connectivity index (χ3n) is 3.45. The van der Waals surface area contributed by atoms with E-state index in [9.17, 15) is 22.7 Å². The number of aliphatic hydroxyl groups excluding tert-OH is 2. The highest BCUT2D eigenvalue weighted by atomic mass is 19.4. The summed E-state index contributed by atoms with van der Waals surface area (Å²) in [5, 5.41) is 18.6. The molecule has 126 valence electrons. The summed E-state index contributed by atoms with van der Waals surface area (Å²) in [5.41, 5.74) is 4.89. The zero-order valence-corrected chi connectivity index (χ0v) is 11.3. The molecule has 0 bridgehead atoms. The third-order valence-corrected chi connectivity index (χ3v) is 3.45. The van der Waals surface area contributed by atoms with E-state index < -0.39 is 49.0 Å². The third kappa shape index (κ3) is 2.48. The average Bonchev–Trinajstić information content (AvgIpc) is 3.01. The van der Waals surface area contributed by atoms with E-state index in [2.05, 4.69) is 15.0 Å². The van der Waals surface area contributed by atoms with Crippen LogP contribution < -0.4 is 5.73 Å². The van der Waals surface area contributed by atoms with Crippen molar-refractivity contribution in [3.8, 4) is 0 Å². The second-order valence-electron chi connectivity index (χ2n) is 4.94. The van der Waals surface area contributed by atoms with Crippen LogP contribution in [0.1, 0.15) is 12.1 Å². The molecular weight excluding hydrogens is 326 g/mol. The van der Waals surface area contributed by atoms with Gasteiger partial charge in [-0.05, 0) is 0 Å². The molecule has 0 aliphatic carbocycles. The van der Waals surface area contributed by atoms with Crippen LogP contribution in [0.3, 0.4) is 0 Å². The monoisotopic (exact) mass is 337 g/mol. The van der Waals surface area contributed by atoms with Gasteiger partial charge in [0.25, 0.3) is 0 Å². The van der Waals surface area contributed by atoms with E-state index in [1.54, 1.807) is 0 Å². The number of imidazole rings is 1. The van der Waals surface area contributed by atoms with Gasteiger partial charge >= 0.3 is 6.18 Å². The summed E-state index contributed by atoms with van der Waals surface area (Å²) in [4.78, 5) is 10.2. The highest BCUT2D eigenvalue weighted by Crippen LogP contribution is 2.35. The summed E-state index contributed by atoms with van der Waals surface area (Å²) < 4.78 is 58.4. The molecule has 0 aromatic carbocycles. The SMILES string of the molecule is Nc1nc(C(F)(F)F)nc2c1ncn2[C@@H]1O[C@H](CO)C(O)[C@H]1F. The van der Waals surface area contributed by atoms with Crippen molar-refractivity contribution in [1.29, 1.82) is 0 Å². The number of nitrogens with two attached hydrogens (primary N) is 1. The predicted octanol–water partition coefficient (Wildman–Crippen LogP) is 0.0160. The molecule has 4 atom stereocenters. The number of aliphatic hydroxyl groups is 2. The molecular formula is C11H11F4N5O3. The van der Waals surface area contributed by atoms with Crippen molar-refractivity contribution in [3.63, 3.8) is 0 Å². The van der Waals surface area contributed by atoms with Crippen molar-refractivity contribution in [2.45, 2.75) is 30.8 Å². The molecule has 4 N–H and O–H groups in total. The van der Waals surface area contributed by atoms with Gasteiger partial charge in [-0.25, -0.2) is 19.3 Å². The van der Waals surface area contributed by atoms with Gasteiger partial charge in [0.1, 0.15) is 17.7 Å². The molecule has 2 aromatic rings. The van der Waals surface area contributed by atoms with Gasteiger partial charge < -0.3 is 20.7 Å². The van der Waals surface area contributed by atoms with Crippen LogP contribution in [0.5, 0.6) is 0 Å². The summed E-state index contributed by atoms with van der Waals surface area (Å²) in [6.45, 7) is -0.657. The predicted molar refractivity (Wildman–Crippen MR) is 66.6 cm³/mol. The largest absolute Gasteiger partial charge is 0.451 e. The zero-order chi connectivity index (χ0) is 16.9. The van der Waals surface area contributed by atoms with Crippen molar-refractivity contribution in [2.24, 2.45) is 0 Å². The van der Waals surface area contributed by atoms with E-state index in [0.717, 1.165) is 10.9 Å². The molecule has 1 aliphatic rings. The van der Waals surface area contributed by atoms with Crippen LogP contribution in [-0.2, 0) is 10.9 Å². The highest BCUT2D eigenvalue weighted by molar-refractivity contribution is 5.81. The summed E-state index contributed by atoms with van der Waals surface area (Å²) in [6.07, 6.45) is -10.2. The second-order valence-corrected chi connectivity index (χ2v) is 4.94. The highest BCUT2D eigenvalue weighted by Gasteiger charge is 2.46. The molecule has 1 fully saturated rings. The van der Waals surface area contributed by atoms with Crippen LogP contribution >= 0.6 is 0 Å². The lowest BCUT2D eigenvalue weighted by molar-refractivity contribution is -0.144. The summed E-state index contributed by atoms with van der Waals surface area (Å²) >= 11 is 0. The van der Waals surface area contributed by atoms with E-state index in [1.165, 1.54) is 0 Å². The first kappa shape index (κ1) is 15.8. The maximum atomic E-state index is 14.1. The molecule has 3 rings (SSSR count). The number of nitrogens with zero attached hydrogens (tertiary/aromatic N) is 4. The number of nitrogen functional groups attached to an aromatic ring is 1. The number of fused-ring (bicyclic) bond motifs is 1. The molecule has 12 heteroatoms. The van der Waals surface area contributed by atoms with Gasteiger partial charge in [-0.1, -0.05) is 0 Å². The van der Waals surface area contributed by atoms with Crippen molar-refractivity contribution in [3.05, 3.63) is 12.2 Å². The molecule has 1 aliphatic heterocycles. The van der Waals surface area contributed by atoms with Crippen LogP contribution in [-0.4, -0.2) is 54.7 Å². The van der Waals surface area contributed by atoms with Gasteiger partial charge in [0, 0.05) is 0 Å². The van der Waals surface area contributed by atoms with Gasteiger partial charge in [-0.15, -0.1) is 0 Å². The van der Waals surface area contributed by atoms with Crippen LogP contribution in [0.25, 0.3) is 11.2 Å². The first-order valence-corrected chi connectivity index (χ1v) is 6.39. The average molecular weight is 337 g/mol. The molecule has 0 amide bonds. The smallest absolute Gasteiger partial charge is 0.394 e. The Morgan fingerprint density at radius 3 is 2.61 bits per heavy atom. The molecule has 3 heterocycles. The Kier molecular flexibility index (Phi) is 3.61. The fraction of sp³-hybridized carbons (Fsp3) is 0.545. The summed E-state index contributed by atoms with van der Waals surface area (Å²) in [7, 11) is 0. The van der Waals surface area contributed by atoms with Crippen LogP contribution in [0, 0.1) is 0 Å². The Hall–Kier alpha value is -2.05. The second kappa shape index (κ2) is 5.25. The van der Waals surface area contributed by atoms with Crippen molar-refractivity contribution in [1.82, 2.24) is 19.5 Å². The van der Waals surface area contributed by atoms with Crippen LogP contribution in [0.4, 0.5) is 23.4 Å². The van der Waals surface area contributed by atoms with E-state index in [0.29, 0.717) is 0 Å². The van der Waals surface area contributed by atoms with Crippen molar-refractivity contribution in [2.75, 3.05) is 12.3 Å². The normalized spacial score (nSPS) is 28.6. The van der Waals surface area contributed by atoms with Crippen molar-refractivity contribution >= 4 is 17.0 Å². The fourth-order valence-electron chi connectivity index (χ4n) is 2.33. The fourth-order valence-corrected chi connectivity index (χ4v) is 2.33. The molecule has 0 saturated carbocycles. The first-order chi connectivity index (χ1) is 10.7. The van der Waals surface area contributed by atoms with Gasteiger partial charge in [-0.3, -0.25) is 4.57 Å². The lowest BCUT2D eigenvalue weighted by atomic mass is 10.1. The minimum atomic E-state index is -4.85. The number of hydrogen-bond acceptors (Lipinski definition) is 7. The van der Waals surface area contributed by atoms with Crippen LogP contribution in [0.15, 0.2) is 6.33 Å². The number of aromatic nitrogens is 4. The quantitative estimate of drug-likeness (QED) is 0.661. The standard InChI is InChI=1S/C11H11F4N5O3/c12-4-6(22)3(1-21)23-9(4)20-2-17-5-7(16)18-10(11(13,14)15)19-8(5)20/h2-4,6,9,21-22H,1H2,(H2,16,18,19)/t3-,4-,6?,9-/m1/s1. The number of ether oxygens (including phenoxy) is 1. The Morgan fingerprint density at radius 1 is 1.35 bits per heavy atom. The van der Waals surface area contributed by atoms with E-state index in [1.807, 2.05) is 0 Å². The molecule has 1 unspecified atom stereocenters. The number of halogens is 4. The summed E-state index contributed by atoms with van der Waals surface area (Å²) in [5.74, 6) is -2.02. The Labute approximate surface area is 125 Å². The van der Waals surface area contributed by atoms with E-state index in [-0.39, 0.29) is 11.2 Å². The molecule has 8 nitrogen and oxygen atoms in total. The van der Waals surface area contributed by atoms with Gasteiger partial charge in [0.05, 0.1) is 12.9 Å². The Morgan fingerprint density at radius 2 is 2.04 bits per heavy atom. The van der Waals surface area contributed by atoms with Gasteiger partial charge in [-0.2, -0.15) is 13.2 Å². The minimum Gasteiger partial charge on any atom is -0.394 e. The molecule has 2 aromatic heterocycles. The molecule has 0 radical (unpaired) electrons. The molecule has 1 saturated heterocycles. The Bertz CT molecular complexity index is 736. The number of alkyl halides is 4. The lowest BCUT2D eigenvalue weighted by Crippen LogP contribution is -2.30. The van der Waals surface area contributed by atoms with Crippen molar-refractivity contribution < 1.29 is 32.5 Å². The maximum absolute atomic E-state index is 14.1. The lowest BCUT2D eigenvalue weighted by Gasteiger charge is -2.15. The summed E-state index contributed by atoms with van der Waals surface area (Å²) in [6, 6.07) is 0. The zero-order valence-electron chi connectivity index (χ0n) is 11.3. The first-order valence-electron chi connectivity index (χ1n) is 6.39. The minimum absolute atomic E-state index is 0.157. The molecule has 23 heavy (non-hydrogen) atoms. The topological polar surface area (TPSA) is 119 Å².